The van der Waals surface area contributed by atoms with E-state index in [0.717, 1.165) is 6.67 Å². The number of hydrogen-bond acceptors (Lipinski definition) is 2. The van der Waals surface area contributed by atoms with Gasteiger partial charge < -0.3 is 9.80 Å². The Morgan fingerprint density at radius 3 is 2.17 bits per heavy atom. The highest BCUT2D eigenvalue weighted by molar-refractivity contribution is 8.93. The zero-order valence-corrected chi connectivity index (χ0v) is 13.5. The maximum atomic E-state index is 3.77. The molecule has 0 spiro atoms. The van der Waals surface area contributed by atoms with Crippen LogP contribution in [0, 0.1) is 0 Å². The Morgan fingerprint density at radius 2 is 1.61 bits per heavy atom. The third-order valence-electron chi connectivity index (χ3n) is 3.35. The van der Waals surface area contributed by atoms with Crippen LogP contribution in [0.3, 0.4) is 0 Å². The van der Waals surface area contributed by atoms with Crippen molar-refractivity contribution >= 4 is 17.0 Å². The second kappa shape index (κ2) is 11.6. The van der Waals surface area contributed by atoms with Gasteiger partial charge in [-0.2, -0.15) is 0 Å². The van der Waals surface area contributed by atoms with Crippen molar-refractivity contribution in [2.75, 3.05) is 13.2 Å². The molecule has 0 aromatic heterocycles. The van der Waals surface area contributed by atoms with Crippen molar-refractivity contribution < 1.29 is 0 Å². The average molecular weight is 317 g/mol. The Kier molecular flexibility index (Phi) is 11.4. The first-order valence-electron chi connectivity index (χ1n) is 7.17. The zero-order valence-electron chi connectivity index (χ0n) is 11.8. The van der Waals surface area contributed by atoms with Crippen LogP contribution in [0.15, 0.2) is 25.2 Å². The summed E-state index contributed by atoms with van der Waals surface area (Å²) in [6, 6.07) is 0. The van der Waals surface area contributed by atoms with Crippen LogP contribution in [0.1, 0.15) is 58.3 Å². The molecule has 18 heavy (non-hydrogen) atoms. The van der Waals surface area contributed by atoms with Gasteiger partial charge in [-0.3, -0.25) is 0 Å². The smallest absolute Gasteiger partial charge is 0.0935 e. The summed E-state index contributed by atoms with van der Waals surface area (Å²) in [5, 5.41) is 0. The summed E-state index contributed by atoms with van der Waals surface area (Å²) >= 11 is 0. The summed E-state index contributed by atoms with van der Waals surface area (Å²) in [5.74, 6) is 0. The van der Waals surface area contributed by atoms with Gasteiger partial charge in [-0.15, -0.1) is 17.0 Å². The molecule has 0 fully saturated rings. The quantitative estimate of drug-likeness (QED) is 0.529. The summed E-state index contributed by atoms with van der Waals surface area (Å²) < 4.78 is 0. The maximum absolute atomic E-state index is 3.77. The molecule has 0 saturated carbocycles. The first-order chi connectivity index (χ1) is 8.36. The van der Waals surface area contributed by atoms with Gasteiger partial charge in [0.05, 0.1) is 6.67 Å². The summed E-state index contributed by atoms with van der Waals surface area (Å²) in [6.07, 6.45) is 17.3. The fourth-order valence-corrected chi connectivity index (χ4v) is 2.20. The minimum atomic E-state index is 0. The van der Waals surface area contributed by atoms with Crippen LogP contribution < -0.4 is 0 Å². The van der Waals surface area contributed by atoms with Crippen LogP contribution in [0.5, 0.6) is 0 Å². The van der Waals surface area contributed by atoms with Crippen molar-refractivity contribution in [2.24, 2.45) is 0 Å². The lowest BCUT2D eigenvalue weighted by atomic mass is 10.1. The number of unbranched alkanes of at least 4 members (excludes halogenated alkanes) is 7. The van der Waals surface area contributed by atoms with Gasteiger partial charge in [0.2, 0.25) is 0 Å². The molecule has 1 heterocycles. The van der Waals surface area contributed by atoms with E-state index in [9.17, 15) is 0 Å². The molecule has 3 heteroatoms. The van der Waals surface area contributed by atoms with Crippen molar-refractivity contribution in [2.45, 2.75) is 58.3 Å². The van der Waals surface area contributed by atoms with Crippen LogP contribution in [-0.2, 0) is 0 Å². The topological polar surface area (TPSA) is 6.48 Å². The Balaban J connectivity index is 0.00000289. The van der Waals surface area contributed by atoms with E-state index in [4.69, 9.17) is 0 Å². The molecule has 1 aliphatic heterocycles. The van der Waals surface area contributed by atoms with Gasteiger partial charge in [-0.25, -0.2) is 0 Å². The van der Waals surface area contributed by atoms with Gasteiger partial charge in [0.25, 0.3) is 0 Å². The average Bonchev–Trinajstić information content (AvgIpc) is 2.80. The normalized spacial score (nSPS) is 13.8. The van der Waals surface area contributed by atoms with E-state index in [0.29, 0.717) is 0 Å². The lowest BCUT2D eigenvalue weighted by molar-refractivity contribution is 0.307. The highest BCUT2D eigenvalue weighted by Crippen LogP contribution is 2.11. The minimum absolute atomic E-state index is 0. The van der Waals surface area contributed by atoms with Crippen molar-refractivity contribution in [3.63, 3.8) is 0 Å². The van der Waals surface area contributed by atoms with Gasteiger partial charge in [-0.1, -0.05) is 58.4 Å². The van der Waals surface area contributed by atoms with Crippen LogP contribution >= 0.6 is 17.0 Å². The van der Waals surface area contributed by atoms with Crippen LogP contribution in [0.25, 0.3) is 0 Å². The molecule has 0 radical (unpaired) electrons. The largest absolute Gasteiger partial charge is 0.358 e. The molecule has 1 rings (SSSR count). The molecule has 0 unspecified atom stereocenters. The molecule has 1 aliphatic rings. The van der Waals surface area contributed by atoms with Gasteiger partial charge in [0, 0.05) is 18.9 Å². The molecule has 0 amide bonds. The van der Waals surface area contributed by atoms with Crippen molar-refractivity contribution in [3.05, 3.63) is 25.2 Å². The molecular formula is C15H29BrN2. The summed E-state index contributed by atoms with van der Waals surface area (Å²) in [7, 11) is 0. The fourth-order valence-electron chi connectivity index (χ4n) is 2.20. The van der Waals surface area contributed by atoms with E-state index in [1.165, 1.54) is 57.9 Å². The van der Waals surface area contributed by atoms with E-state index in [1.807, 2.05) is 6.20 Å². The van der Waals surface area contributed by atoms with Gasteiger partial charge in [-0.05, 0) is 12.6 Å². The number of nitrogens with zero attached hydrogens (tertiary/aromatic N) is 2. The standard InChI is InChI=1S/C15H28N2.BrH/c1-3-5-6-7-8-9-10-11-12-17-14-13-16(4-2)15-17;/h4,13-14H,2-3,5-12,15H2,1H3;1H. The zero-order chi connectivity index (χ0) is 12.3. The van der Waals surface area contributed by atoms with Crippen molar-refractivity contribution in [1.29, 1.82) is 0 Å². The van der Waals surface area contributed by atoms with Crippen molar-refractivity contribution in [1.82, 2.24) is 9.80 Å². The van der Waals surface area contributed by atoms with Crippen molar-refractivity contribution in [3.8, 4) is 0 Å². The van der Waals surface area contributed by atoms with Gasteiger partial charge in [0.15, 0.2) is 0 Å². The molecule has 0 N–H and O–H groups in total. The van der Waals surface area contributed by atoms with E-state index in [1.54, 1.807) is 0 Å². The Labute approximate surface area is 123 Å². The summed E-state index contributed by atoms with van der Waals surface area (Å²) in [6.45, 7) is 8.22. The van der Waals surface area contributed by atoms with Crippen LogP contribution in [0.2, 0.25) is 0 Å². The third-order valence-corrected chi connectivity index (χ3v) is 3.35. The summed E-state index contributed by atoms with van der Waals surface area (Å²) in [4.78, 5) is 4.48. The predicted octanol–water partition coefficient (Wildman–Crippen LogP) is 4.89. The molecule has 106 valence electrons. The maximum Gasteiger partial charge on any atom is 0.0935 e. The fraction of sp³-hybridized carbons (Fsp3) is 0.733. The third kappa shape index (κ3) is 7.80. The van der Waals surface area contributed by atoms with E-state index >= 15 is 0 Å². The minimum Gasteiger partial charge on any atom is -0.358 e. The van der Waals surface area contributed by atoms with Gasteiger partial charge in [0.1, 0.15) is 0 Å². The lowest BCUT2D eigenvalue weighted by Gasteiger charge is -2.18. The highest BCUT2D eigenvalue weighted by atomic mass is 79.9. The lowest BCUT2D eigenvalue weighted by Crippen LogP contribution is -2.22. The highest BCUT2D eigenvalue weighted by Gasteiger charge is 2.07. The van der Waals surface area contributed by atoms with E-state index in [2.05, 4.69) is 35.7 Å². The molecule has 0 aromatic rings. The monoisotopic (exact) mass is 316 g/mol. The van der Waals surface area contributed by atoms with Crippen LogP contribution in [0.4, 0.5) is 0 Å². The number of hydrogen-bond donors (Lipinski definition) is 0. The van der Waals surface area contributed by atoms with Crippen LogP contribution in [-0.4, -0.2) is 23.0 Å². The van der Waals surface area contributed by atoms with Gasteiger partial charge >= 0.3 is 0 Å². The molecule has 0 aliphatic carbocycles. The molecule has 0 aromatic carbocycles. The SMILES string of the molecule is Br.C=CN1C=CN(CCCCCCCCCC)C1. The predicted molar refractivity (Wildman–Crippen MR) is 85.7 cm³/mol. The first-order valence-corrected chi connectivity index (χ1v) is 7.17. The summed E-state index contributed by atoms with van der Waals surface area (Å²) in [5.41, 5.74) is 0. The Hall–Kier alpha value is -0.440. The molecule has 0 saturated heterocycles. The second-order valence-electron chi connectivity index (χ2n) is 4.92. The molecule has 0 atom stereocenters. The first kappa shape index (κ1) is 17.6. The van der Waals surface area contributed by atoms with E-state index in [-0.39, 0.29) is 17.0 Å². The molecule has 2 nitrogen and oxygen atoms in total. The second-order valence-corrected chi connectivity index (χ2v) is 4.92. The number of rotatable bonds is 10. The molecule has 0 bridgehead atoms. The molecular weight excluding hydrogens is 288 g/mol. The Bertz CT molecular complexity index is 229. The Morgan fingerprint density at radius 1 is 1.00 bits per heavy atom. The number of halogens is 1. The van der Waals surface area contributed by atoms with E-state index < -0.39 is 0 Å².